The molecule has 0 aromatic heterocycles. The van der Waals surface area contributed by atoms with Crippen molar-refractivity contribution in [2.24, 2.45) is 0 Å². The molecule has 4 nitrogen and oxygen atoms in total. The van der Waals surface area contributed by atoms with Gasteiger partial charge in [0.2, 0.25) is 0 Å². The summed E-state index contributed by atoms with van der Waals surface area (Å²) in [5.41, 5.74) is 0.457. The van der Waals surface area contributed by atoms with Gasteiger partial charge in [-0.15, -0.1) is 0 Å². The van der Waals surface area contributed by atoms with Crippen molar-refractivity contribution in [2.75, 3.05) is 0 Å². The van der Waals surface area contributed by atoms with Crippen molar-refractivity contribution in [3.8, 4) is 0 Å². The Kier molecular flexibility index (Phi) is 4.34. The number of alkyl carbamates (subject to hydrolysis) is 1. The maximum atomic E-state index is 11.7. The lowest BCUT2D eigenvalue weighted by atomic mass is 9.98. The van der Waals surface area contributed by atoms with Crippen molar-refractivity contribution < 1.29 is 14.3 Å². The first kappa shape index (κ1) is 12.6. The Morgan fingerprint density at radius 2 is 1.72 bits per heavy atom. The first-order valence-electron chi connectivity index (χ1n) is 6.33. The highest BCUT2D eigenvalue weighted by atomic mass is 16.6. The monoisotopic (exact) mass is 247 g/mol. The number of hydrogen-bond donors (Lipinski definition) is 1. The van der Waals surface area contributed by atoms with Gasteiger partial charge in [-0.3, -0.25) is 10.1 Å². The zero-order valence-electron chi connectivity index (χ0n) is 10.2. The molecule has 1 fully saturated rings. The molecule has 4 heteroatoms. The molecule has 96 valence electrons. The van der Waals surface area contributed by atoms with Gasteiger partial charge in [-0.25, -0.2) is 4.79 Å². The van der Waals surface area contributed by atoms with Crippen molar-refractivity contribution >= 4 is 12.0 Å². The van der Waals surface area contributed by atoms with Crippen molar-refractivity contribution in [3.05, 3.63) is 35.9 Å². The van der Waals surface area contributed by atoms with E-state index < -0.39 is 12.0 Å². The SMILES string of the molecule is O=C(NC(=O)c1ccccc1)OC1CCCCC1. The largest absolute Gasteiger partial charge is 0.446 e. The Labute approximate surface area is 106 Å². The molecule has 0 bridgehead atoms. The number of nitrogens with one attached hydrogen (secondary N) is 1. The molecule has 1 aromatic carbocycles. The number of imide groups is 1. The minimum atomic E-state index is -0.643. The lowest BCUT2D eigenvalue weighted by Crippen LogP contribution is -2.34. The predicted octanol–water partition coefficient (Wildman–Crippen LogP) is 2.89. The number of rotatable bonds is 2. The molecule has 0 saturated heterocycles. The lowest BCUT2D eigenvalue weighted by molar-refractivity contribution is 0.0695. The van der Waals surface area contributed by atoms with Crippen LogP contribution in [0.1, 0.15) is 42.5 Å². The van der Waals surface area contributed by atoms with Gasteiger partial charge in [-0.1, -0.05) is 24.6 Å². The van der Waals surface area contributed by atoms with Gasteiger partial charge in [0, 0.05) is 5.56 Å². The Bertz CT molecular complexity index is 410. The summed E-state index contributed by atoms with van der Waals surface area (Å²) in [6, 6.07) is 8.63. The van der Waals surface area contributed by atoms with E-state index in [0.29, 0.717) is 5.56 Å². The van der Waals surface area contributed by atoms with Gasteiger partial charge in [0.1, 0.15) is 6.10 Å². The fourth-order valence-electron chi connectivity index (χ4n) is 2.12. The Hall–Kier alpha value is -1.84. The average Bonchev–Trinajstić information content (AvgIpc) is 2.40. The second-order valence-corrected chi connectivity index (χ2v) is 4.49. The average molecular weight is 247 g/mol. The van der Waals surface area contributed by atoms with Gasteiger partial charge in [-0.2, -0.15) is 0 Å². The third-order valence-electron chi connectivity index (χ3n) is 3.08. The number of hydrogen-bond acceptors (Lipinski definition) is 3. The normalized spacial score (nSPS) is 16.0. The standard InChI is InChI=1S/C14H17NO3/c16-13(11-7-3-1-4-8-11)15-14(17)18-12-9-5-2-6-10-12/h1,3-4,7-8,12H,2,5-6,9-10H2,(H,15,16,17). The Morgan fingerprint density at radius 3 is 2.39 bits per heavy atom. The summed E-state index contributed by atoms with van der Waals surface area (Å²) in [6.45, 7) is 0. The van der Waals surface area contributed by atoms with Gasteiger partial charge in [0.15, 0.2) is 0 Å². The molecule has 1 aromatic rings. The van der Waals surface area contributed by atoms with Crippen molar-refractivity contribution in [2.45, 2.75) is 38.2 Å². The van der Waals surface area contributed by atoms with Crippen LogP contribution in [0.25, 0.3) is 0 Å². The van der Waals surface area contributed by atoms with Crippen molar-refractivity contribution in [1.82, 2.24) is 5.32 Å². The fraction of sp³-hybridized carbons (Fsp3) is 0.429. The van der Waals surface area contributed by atoms with E-state index in [9.17, 15) is 9.59 Å². The van der Waals surface area contributed by atoms with Crippen LogP contribution >= 0.6 is 0 Å². The minimum absolute atomic E-state index is 0.0395. The van der Waals surface area contributed by atoms with Gasteiger partial charge in [0.25, 0.3) is 5.91 Å². The summed E-state index contributed by atoms with van der Waals surface area (Å²) in [5, 5.41) is 2.24. The van der Waals surface area contributed by atoms with Gasteiger partial charge in [0.05, 0.1) is 0 Å². The molecule has 0 spiro atoms. The van der Waals surface area contributed by atoms with Gasteiger partial charge in [-0.05, 0) is 37.8 Å². The van der Waals surface area contributed by atoms with Crippen LogP contribution in [0.2, 0.25) is 0 Å². The van der Waals surface area contributed by atoms with E-state index >= 15 is 0 Å². The second kappa shape index (κ2) is 6.19. The number of carbonyl (C=O) groups is 2. The Balaban J connectivity index is 1.82. The quantitative estimate of drug-likeness (QED) is 0.874. The molecule has 2 rings (SSSR count). The third-order valence-corrected chi connectivity index (χ3v) is 3.08. The molecule has 18 heavy (non-hydrogen) atoms. The summed E-state index contributed by atoms with van der Waals surface area (Å²) >= 11 is 0. The summed E-state index contributed by atoms with van der Waals surface area (Å²) < 4.78 is 5.21. The van der Waals surface area contributed by atoms with E-state index in [1.54, 1.807) is 24.3 Å². The van der Waals surface area contributed by atoms with E-state index in [-0.39, 0.29) is 6.10 Å². The van der Waals surface area contributed by atoms with Gasteiger partial charge >= 0.3 is 6.09 Å². The van der Waals surface area contributed by atoms with E-state index in [1.165, 1.54) is 6.42 Å². The summed E-state index contributed by atoms with van der Waals surface area (Å²) in [6.07, 6.45) is 4.48. The molecule has 0 aliphatic heterocycles. The molecular weight excluding hydrogens is 230 g/mol. The van der Waals surface area contributed by atoms with Crippen LogP contribution in [-0.4, -0.2) is 18.1 Å². The highest BCUT2D eigenvalue weighted by Gasteiger charge is 2.19. The number of ether oxygens (including phenoxy) is 1. The first-order chi connectivity index (χ1) is 8.75. The predicted molar refractivity (Wildman–Crippen MR) is 67.3 cm³/mol. The maximum Gasteiger partial charge on any atom is 0.414 e. The number of amides is 2. The maximum absolute atomic E-state index is 11.7. The van der Waals surface area contributed by atoms with E-state index in [2.05, 4.69) is 5.32 Å². The molecule has 1 aliphatic rings. The summed E-state index contributed by atoms with van der Waals surface area (Å²) in [5.74, 6) is -0.420. The van der Waals surface area contributed by atoms with E-state index in [1.807, 2.05) is 6.07 Å². The molecular formula is C14H17NO3. The molecule has 0 unspecified atom stereocenters. The minimum Gasteiger partial charge on any atom is -0.446 e. The number of carbonyl (C=O) groups excluding carboxylic acids is 2. The summed E-state index contributed by atoms with van der Waals surface area (Å²) in [4.78, 5) is 23.2. The highest BCUT2D eigenvalue weighted by Crippen LogP contribution is 2.20. The molecule has 0 atom stereocenters. The highest BCUT2D eigenvalue weighted by molar-refractivity contribution is 6.02. The first-order valence-corrected chi connectivity index (χ1v) is 6.33. The van der Waals surface area contributed by atoms with Crippen LogP contribution in [0.15, 0.2) is 30.3 Å². The van der Waals surface area contributed by atoms with Crippen molar-refractivity contribution in [1.29, 1.82) is 0 Å². The molecule has 0 radical (unpaired) electrons. The molecule has 1 saturated carbocycles. The van der Waals surface area contributed by atoms with Gasteiger partial charge < -0.3 is 4.74 Å². The zero-order valence-corrected chi connectivity index (χ0v) is 10.2. The smallest absolute Gasteiger partial charge is 0.414 e. The second-order valence-electron chi connectivity index (χ2n) is 4.49. The van der Waals surface area contributed by atoms with Crippen molar-refractivity contribution in [3.63, 3.8) is 0 Å². The summed E-state index contributed by atoms with van der Waals surface area (Å²) in [7, 11) is 0. The molecule has 1 aliphatic carbocycles. The number of benzene rings is 1. The molecule has 1 N–H and O–H groups in total. The van der Waals surface area contributed by atoms with Crippen LogP contribution in [-0.2, 0) is 4.74 Å². The fourth-order valence-corrected chi connectivity index (χ4v) is 2.12. The third kappa shape index (κ3) is 3.58. The Morgan fingerprint density at radius 1 is 1.06 bits per heavy atom. The molecule has 2 amide bonds. The molecule has 0 heterocycles. The topological polar surface area (TPSA) is 55.4 Å². The zero-order chi connectivity index (χ0) is 12.8. The van der Waals surface area contributed by atoms with Crippen LogP contribution in [0, 0.1) is 0 Å². The van der Waals surface area contributed by atoms with Crippen LogP contribution in [0.5, 0.6) is 0 Å². The lowest BCUT2D eigenvalue weighted by Gasteiger charge is -2.21. The van der Waals surface area contributed by atoms with Crippen LogP contribution in [0.4, 0.5) is 4.79 Å². The van der Waals surface area contributed by atoms with Crippen LogP contribution < -0.4 is 5.32 Å². The van der Waals surface area contributed by atoms with E-state index in [0.717, 1.165) is 25.7 Å². The van der Waals surface area contributed by atoms with E-state index in [4.69, 9.17) is 4.74 Å². The van der Waals surface area contributed by atoms with Crippen LogP contribution in [0.3, 0.4) is 0 Å².